The van der Waals surface area contributed by atoms with E-state index >= 15 is 0 Å². The molecule has 2 aromatic rings. The van der Waals surface area contributed by atoms with Crippen LogP contribution < -0.4 is 21.0 Å². The van der Waals surface area contributed by atoms with Crippen LogP contribution in [-0.2, 0) is 9.53 Å². The summed E-state index contributed by atoms with van der Waals surface area (Å²) in [5.41, 5.74) is 4.53. The molecule has 1 atom stereocenters. The molecule has 1 aromatic heterocycles. The summed E-state index contributed by atoms with van der Waals surface area (Å²) in [6, 6.07) is 9.71. The number of aromatic nitrogens is 2. The van der Waals surface area contributed by atoms with Gasteiger partial charge < -0.3 is 20.3 Å². The number of amides is 1. The first-order valence-electron chi connectivity index (χ1n) is 12.0. The Labute approximate surface area is 211 Å². The van der Waals surface area contributed by atoms with Crippen LogP contribution >= 0.6 is 11.8 Å². The second-order valence-electron chi connectivity index (χ2n) is 10.3. The quantitative estimate of drug-likeness (QED) is 0.459. The van der Waals surface area contributed by atoms with Crippen molar-refractivity contribution in [3.05, 3.63) is 30.3 Å². The van der Waals surface area contributed by atoms with Gasteiger partial charge in [0.1, 0.15) is 23.4 Å². The lowest BCUT2D eigenvalue weighted by Gasteiger charge is -2.50. The minimum Gasteiger partial charge on any atom is -0.366 e. The number of hydrazone groups is 1. The highest BCUT2D eigenvalue weighted by Gasteiger charge is 2.43. The lowest BCUT2D eigenvalue weighted by atomic mass is 9.95. The van der Waals surface area contributed by atoms with E-state index in [1.54, 1.807) is 0 Å². The molecule has 9 nitrogen and oxygen atoms in total. The molecule has 0 bridgehead atoms. The van der Waals surface area contributed by atoms with Crippen LogP contribution in [0.5, 0.6) is 0 Å². The van der Waals surface area contributed by atoms with Crippen LogP contribution in [0.4, 0.5) is 17.3 Å². The van der Waals surface area contributed by atoms with Gasteiger partial charge in [0.05, 0.1) is 18.7 Å². The number of benzene rings is 1. The first kappa shape index (κ1) is 25.2. The Morgan fingerprint density at radius 3 is 2.57 bits per heavy atom. The number of anilines is 3. The third kappa shape index (κ3) is 6.85. The number of carbonyl (C=O) groups excluding carboxylic acids is 1. The van der Waals surface area contributed by atoms with E-state index in [-0.39, 0.29) is 23.3 Å². The summed E-state index contributed by atoms with van der Waals surface area (Å²) < 4.78 is 6.27. The molecule has 2 aliphatic rings. The summed E-state index contributed by atoms with van der Waals surface area (Å²) in [5.74, 6) is 1.61. The fraction of sp³-hybridized carbons (Fsp3) is 0.520. The Bertz CT molecular complexity index is 1090. The smallest absolute Gasteiger partial charge is 0.224 e. The zero-order chi connectivity index (χ0) is 25.2. The average Bonchev–Trinajstić information content (AvgIpc) is 3.16. The molecule has 3 heterocycles. The van der Waals surface area contributed by atoms with Crippen LogP contribution in [0.2, 0.25) is 0 Å². The van der Waals surface area contributed by atoms with Gasteiger partial charge in [-0.25, -0.2) is 9.97 Å². The van der Waals surface area contributed by atoms with Crippen molar-refractivity contribution in [3.8, 4) is 0 Å². The average molecular weight is 498 g/mol. The molecule has 1 amide bonds. The monoisotopic (exact) mass is 497 g/mol. The summed E-state index contributed by atoms with van der Waals surface area (Å²) in [6.45, 7) is 13.8. The summed E-state index contributed by atoms with van der Waals surface area (Å²) in [6.07, 6.45) is 1.26. The molecule has 10 heteroatoms. The predicted octanol–water partition coefficient (Wildman–Crippen LogP) is 4.48. The topological polar surface area (TPSA) is 104 Å². The number of hydrogen-bond acceptors (Lipinski definition) is 9. The summed E-state index contributed by atoms with van der Waals surface area (Å²) in [4.78, 5) is 24.5. The Balaban J connectivity index is 1.51. The Hall–Kier alpha value is -2.85. The van der Waals surface area contributed by atoms with Gasteiger partial charge in [0.2, 0.25) is 5.91 Å². The third-order valence-electron chi connectivity index (χ3n) is 5.52. The molecule has 2 aliphatic heterocycles. The Morgan fingerprint density at radius 2 is 1.97 bits per heavy atom. The Morgan fingerprint density at radius 1 is 1.26 bits per heavy atom. The molecular weight excluding hydrogens is 462 g/mol. The molecule has 0 aliphatic carbocycles. The van der Waals surface area contributed by atoms with E-state index < -0.39 is 0 Å². The first-order chi connectivity index (χ1) is 16.5. The molecule has 0 saturated carbocycles. The Kier molecular flexibility index (Phi) is 7.23. The van der Waals surface area contributed by atoms with Gasteiger partial charge in [0.15, 0.2) is 5.16 Å². The van der Waals surface area contributed by atoms with Gasteiger partial charge in [0, 0.05) is 35.2 Å². The fourth-order valence-corrected chi connectivity index (χ4v) is 4.99. The van der Waals surface area contributed by atoms with E-state index in [1.165, 1.54) is 11.8 Å². The van der Waals surface area contributed by atoms with Crippen LogP contribution in [0.15, 0.2) is 45.5 Å². The SMILES string of the molecule is CCC(=O)Nc1ccc(Sc2nc(N[C@@H]3CC(C)=NN3)cc(N3CC(C)(OC(C)(C)C)C3)n2)cc1. The molecule has 188 valence electrons. The van der Waals surface area contributed by atoms with Crippen molar-refractivity contribution in [2.24, 2.45) is 5.10 Å². The maximum absolute atomic E-state index is 11.6. The van der Waals surface area contributed by atoms with Crippen molar-refractivity contribution in [2.45, 2.75) is 81.8 Å². The number of rotatable bonds is 8. The number of hydrogen-bond donors (Lipinski definition) is 3. The van der Waals surface area contributed by atoms with E-state index in [9.17, 15) is 4.79 Å². The van der Waals surface area contributed by atoms with E-state index in [4.69, 9.17) is 14.7 Å². The van der Waals surface area contributed by atoms with E-state index in [2.05, 4.69) is 53.8 Å². The van der Waals surface area contributed by atoms with Gasteiger partial charge in [-0.05, 0) is 70.6 Å². The van der Waals surface area contributed by atoms with Crippen molar-refractivity contribution in [2.75, 3.05) is 28.6 Å². The lowest BCUT2D eigenvalue weighted by molar-refractivity contribution is -0.134. The first-order valence-corrected chi connectivity index (χ1v) is 12.8. The summed E-state index contributed by atoms with van der Waals surface area (Å²) in [5, 5.41) is 11.2. The van der Waals surface area contributed by atoms with Gasteiger partial charge >= 0.3 is 0 Å². The predicted molar refractivity (Wildman–Crippen MR) is 141 cm³/mol. The third-order valence-corrected chi connectivity index (χ3v) is 6.39. The van der Waals surface area contributed by atoms with Crippen LogP contribution in [0.3, 0.4) is 0 Å². The molecule has 1 aromatic carbocycles. The van der Waals surface area contributed by atoms with Crippen molar-refractivity contribution >= 4 is 40.7 Å². The van der Waals surface area contributed by atoms with E-state index in [1.807, 2.05) is 44.2 Å². The number of ether oxygens (including phenoxy) is 1. The molecule has 0 spiro atoms. The second-order valence-corrected chi connectivity index (χ2v) is 11.4. The number of nitrogens with one attached hydrogen (secondary N) is 3. The standard InChI is InChI=1S/C25H35N7O2S/c1-7-22(33)26-17-8-10-18(11-9-17)35-23-28-19(27-20-12-16(2)30-31-20)13-21(29-23)32-14-25(6,15-32)34-24(3,4)5/h8-11,13,20,31H,7,12,14-15H2,1-6H3,(H,26,33)(H,27,28,29)/t20-/m0/s1. The summed E-state index contributed by atoms with van der Waals surface area (Å²) >= 11 is 1.49. The van der Waals surface area contributed by atoms with E-state index in [0.29, 0.717) is 11.6 Å². The van der Waals surface area contributed by atoms with Gasteiger partial charge in [-0.3, -0.25) is 10.2 Å². The highest BCUT2D eigenvalue weighted by molar-refractivity contribution is 7.99. The van der Waals surface area contributed by atoms with Gasteiger partial charge in [-0.15, -0.1) is 0 Å². The maximum Gasteiger partial charge on any atom is 0.224 e. The highest BCUT2D eigenvalue weighted by atomic mass is 32.2. The van der Waals surface area contributed by atoms with Crippen LogP contribution in [0, 0.1) is 0 Å². The van der Waals surface area contributed by atoms with Crippen molar-refractivity contribution in [1.82, 2.24) is 15.4 Å². The minimum atomic E-state index is -0.208. The largest absolute Gasteiger partial charge is 0.366 e. The normalized spacial score (nSPS) is 19.0. The van der Waals surface area contributed by atoms with E-state index in [0.717, 1.165) is 47.4 Å². The molecule has 1 fully saturated rings. The van der Waals surface area contributed by atoms with Crippen LogP contribution in [0.25, 0.3) is 0 Å². The number of carbonyl (C=O) groups is 1. The fourth-order valence-electron chi connectivity index (χ4n) is 4.22. The van der Waals surface area contributed by atoms with Crippen LogP contribution in [-0.4, -0.2) is 52.0 Å². The molecule has 0 unspecified atom stereocenters. The minimum absolute atomic E-state index is 0.00272. The van der Waals surface area contributed by atoms with Crippen molar-refractivity contribution < 1.29 is 9.53 Å². The summed E-state index contributed by atoms with van der Waals surface area (Å²) in [7, 11) is 0. The molecule has 35 heavy (non-hydrogen) atoms. The van der Waals surface area contributed by atoms with Gasteiger partial charge in [-0.2, -0.15) is 5.10 Å². The molecular formula is C25H35N7O2S. The van der Waals surface area contributed by atoms with Crippen molar-refractivity contribution in [1.29, 1.82) is 0 Å². The van der Waals surface area contributed by atoms with Gasteiger partial charge in [0.25, 0.3) is 0 Å². The molecule has 0 radical (unpaired) electrons. The van der Waals surface area contributed by atoms with Crippen LogP contribution in [0.1, 0.15) is 54.4 Å². The number of nitrogens with zero attached hydrogens (tertiary/aromatic N) is 4. The highest BCUT2D eigenvalue weighted by Crippen LogP contribution is 2.35. The lowest BCUT2D eigenvalue weighted by Crippen LogP contribution is -2.63. The second kappa shape index (κ2) is 10.0. The maximum atomic E-state index is 11.6. The van der Waals surface area contributed by atoms with Gasteiger partial charge in [-0.1, -0.05) is 6.92 Å². The zero-order valence-corrected chi connectivity index (χ0v) is 22.1. The zero-order valence-electron chi connectivity index (χ0n) is 21.3. The van der Waals surface area contributed by atoms with Crippen molar-refractivity contribution in [3.63, 3.8) is 0 Å². The molecule has 4 rings (SSSR count). The molecule has 1 saturated heterocycles. The molecule has 3 N–H and O–H groups in total.